The first-order valence-corrected chi connectivity index (χ1v) is 15.0. The monoisotopic (exact) mass is 599 g/mol. The van der Waals surface area contributed by atoms with E-state index in [1.54, 1.807) is 63.4 Å². The molecule has 1 N–H and O–H groups in total. The lowest BCUT2D eigenvalue weighted by atomic mass is 10.1. The molecule has 0 saturated carbocycles. The van der Waals surface area contributed by atoms with Crippen LogP contribution in [0.2, 0.25) is 5.02 Å². The molecular formula is C31H38ClN3O5S. The summed E-state index contributed by atoms with van der Waals surface area (Å²) in [7, 11) is -2.65. The zero-order chi connectivity index (χ0) is 30.5. The highest BCUT2D eigenvalue weighted by molar-refractivity contribution is 7.92. The van der Waals surface area contributed by atoms with Crippen molar-refractivity contribution in [2.75, 3.05) is 18.0 Å². The number of nitrogens with zero attached hydrogens (tertiary/aromatic N) is 2. The highest BCUT2D eigenvalue weighted by atomic mass is 35.5. The molecule has 0 aromatic heterocycles. The van der Waals surface area contributed by atoms with E-state index >= 15 is 0 Å². The number of anilines is 1. The van der Waals surface area contributed by atoms with E-state index in [-0.39, 0.29) is 23.0 Å². The van der Waals surface area contributed by atoms with Gasteiger partial charge >= 0.3 is 0 Å². The Hall–Kier alpha value is -3.56. The van der Waals surface area contributed by atoms with Crippen molar-refractivity contribution in [2.24, 2.45) is 0 Å². The van der Waals surface area contributed by atoms with Crippen LogP contribution in [0.4, 0.5) is 5.69 Å². The van der Waals surface area contributed by atoms with Crippen LogP contribution in [-0.4, -0.2) is 50.4 Å². The van der Waals surface area contributed by atoms with Gasteiger partial charge in [-0.25, -0.2) is 8.42 Å². The Balaban J connectivity index is 2.09. The van der Waals surface area contributed by atoms with E-state index in [4.69, 9.17) is 16.3 Å². The maximum Gasteiger partial charge on any atom is 0.264 e. The van der Waals surface area contributed by atoms with E-state index in [0.717, 1.165) is 15.4 Å². The minimum atomic E-state index is -4.19. The summed E-state index contributed by atoms with van der Waals surface area (Å²) < 4.78 is 34.4. The van der Waals surface area contributed by atoms with Gasteiger partial charge < -0.3 is 15.0 Å². The van der Waals surface area contributed by atoms with Crippen LogP contribution < -0.4 is 14.4 Å². The third kappa shape index (κ3) is 8.24. The Morgan fingerprint density at radius 3 is 2.27 bits per heavy atom. The Morgan fingerprint density at radius 2 is 1.66 bits per heavy atom. The molecule has 3 aromatic carbocycles. The van der Waals surface area contributed by atoms with E-state index in [1.807, 2.05) is 33.8 Å². The standard InChI is InChI=1S/C31H38ClN3O5S/c1-21-11-15-27(16-12-21)41(38,39)35(28-18-25(32)14-13-22(28)2)20-29(36)34(23(3)30(37)33-31(4,5)6)19-24-9-8-10-26(17-24)40-7/h8-18,23H,19-20H2,1-7H3,(H,33,37). The zero-order valence-electron chi connectivity index (χ0n) is 24.6. The van der Waals surface area contributed by atoms with E-state index in [0.29, 0.717) is 16.3 Å². The summed E-state index contributed by atoms with van der Waals surface area (Å²) >= 11 is 6.28. The van der Waals surface area contributed by atoms with Crippen molar-refractivity contribution in [1.82, 2.24) is 10.2 Å². The molecule has 0 heterocycles. The van der Waals surface area contributed by atoms with Gasteiger partial charge in [0.05, 0.1) is 17.7 Å². The number of benzene rings is 3. The summed E-state index contributed by atoms with van der Waals surface area (Å²) in [6.07, 6.45) is 0. The molecule has 0 radical (unpaired) electrons. The number of nitrogens with one attached hydrogen (secondary N) is 1. The van der Waals surface area contributed by atoms with Crippen LogP contribution in [0.5, 0.6) is 5.75 Å². The fourth-order valence-electron chi connectivity index (χ4n) is 4.23. The summed E-state index contributed by atoms with van der Waals surface area (Å²) in [6, 6.07) is 17.6. The first-order chi connectivity index (χ1) is 19.1. The van der Waals surface area contributed by atoms with Gasteiger partial charge in [0.2, 0.25) is 11.8 Å². The predicted octanol–water partition coefficient (Wildman–Crippen LogP) is 5.49. The molecule has 0 spiro atoms. The van der Waals surface area contributed by atoms with Gasteiger partial charge in [-0.3, -0.25) is 13.9 Å². The number of hydrogen-bond donors (Lipinski definition) is 1. The Labute approximate surface area is 248 Å². The average molecular weight is 600 g/mol. The van der Waals surface area contributed by atoms with E-state index < -0.39 is 34.1 Å². The number of carbonyl (C=O) groups excluding carboxylic acids is 2. The van der Waals surface area contributed by atoms with Gasteiger partial charge in [0, 0.05) is 17.1 Å². The largest absolute Gasteiger partial charge is 0.497 e. The van der Waals surface area contributed by atoms with Gasteiger partial charge in [-0.2, -0.15) is 0 Å². The molecule has 220 valence electrons. The van der Waals surface area contributed by atoms with Crippen molar-refractivity contribution < 1.29 is 22.7 Å². The third-order valence-electron chi connectivity index (χ3n) is 6.48. The summed E-state index contributed by atoms with van der Waals surface area (Å²) in [5.41, 5.74) is 1.98. The van der Waals surface area contributed by atoms with E-state index in [9.17, 15) is 18.0 Å². The maximum absolute atomic E-state index is 14.1. The van der Waals surface area contributed by atoms with Crippen molar-refractivity contribution in [1.29, 1.82) is 0 Å². The number of rotatable bonds is 10. The molecule has 41 heavy (non-hydrogen) atoms. The fourth-order valence-corrected chi connectivity index (χ4v) is 5.86. The molecular weight excluding hydrogens is 562 g/mol. The number of halogens is 1. The molecule has 1 atom stereocenters. The molecule has 0 aliphatic heterocycles. The lowest BCUT2D eigenvalue weighted by molar-refractivity contribution is -0.140. The van der Waals surface area contributed by atoms with Crippen LogP contribution in [0.25, 0.3) is 0 Å². The topological polar surface area (TPSA) is 96.0 Å². The van der Waals surface area contributed by atoms with Crippen LogP contribution in [0.3, 0.4) is 0 Å². The lowest BCUT2D eigenvalue weighted by Crippen LogP contribution is -2.54. The zero-order valence-corrected chi connectivity index (χ0v) is 26.1. The van der Waals surface area contributed by atoms with Gasteiger partial charge in [-0.1, -0.05) is 47.5 Å². The summed E-state index contributed by atoms with van der Waals surface area (Å²) in [5, 5.41) is 3.25. The third-order valence-corrected chi connectivity index (χ3v) is 8.49. The number of carbonyl (C=O) groups is 2. The van der Waals surface area contributed by atoms with Crippen LogP contribution in [-0.2, 0) is 26.2 Å². The molecule has 1 unspecified atom stereocenters. The minimum Gasteiger partial charge on any atom is -0.497 e. The first kappa shape index (κ1) is 32.0. The lowest BCUT2D eigenvalue weighted by Gasteiger charge is -2.34. The van der Waals surface area contributed by atoms with Gasteiger partial charge in [-0.15, -0.1) is 0 Å². The molecule has 2 amide bonds. The molecule has 0 aliphatic rings. The van der Waals surface area contributed by atoms with Crippen molar-refractivity contribution in [2.45, 2.75) is 64.6 Å². The van der Waals surface area contributed by atoms with Crippen molar-refractivity contribution in [3.63, 3.8) is 0 Å². The predicted molar refractivity (Wildman–Crippen MR) is 163 cm³/mol. The normalized spacial score (nSPS) is 12.4. The van der Waals surface area contributed by atoms with Gasteiger partial charge in [0.1, 0.15) is 18.3 Å². The van der Waals surface area contributed by atoms with Crippen molar-refractivity contribution in [3.05, 3.63) is 88.4 Å². The van der Waals surface area contributed by atoms with Gasteiger partial charge in [0.15, 0.2) is 0 Å². The number of aryl methyl sites for hydroxylation is 2. The number of amides is 2. The quantitative estimate of drug-likeness (QED) is 0.332. The second kappa shape index (κ2) is 13.0. The van der Waals surface area contributed by atoms with Crippen LogP contribution in [0, 0.1) is 13.8 Å². The average Bonchev–Trinajstić information content (AvgIpc) is 2.90. The second-order valence-corrected chi connectivity index (χ2v) is 13.3. The molecule has 3 aromatic rings. The van der Waals surface area contributed by atoms with Crippen molar-refractivity contribution in [3.8, 4) is 5.75 Å². The minimum absolute atomic E-state index is 0.0353. The highest BCUT2D eigenvalue weighted by Gasteiger charge is 2.34. The molecule has 0 bridgehead atoms. The van der Waals surface area contributed by atoms with Gasteiger partial charge in [0.25, 0.3) is 10.0 Å². The molecule has 8 nitrogen and oxygen atoms in total. The molecule has 3 rings (SSSR count). The number of hydrogen-bond acceptors (Lipinski definition) is 5. The fraction of sp³-hybridized carbons (Fsp3) is 0.355. The molecule has 0 fully saturated rings. The maximum atomic E-state index is 14.1. The van der Waals surface area contributed by atoms with Crippen molar-refractivity contribution >= 4 is 39.1 Å². The SMILES string of the molecule is COc1cccc(CN(C(=O)CN(c2cc(Cl)ccc2C)S(=O)(=O)c2ccc(C)cc2)C(C)C(=O)NC(C)(C)C)c1. The Kier molecular flexibility index (Phi) is 10.1. The smallest absolute Gasteiger partial charge is 0.264 e. The molecule has 10 heteroatoms. The summed E-state index contributed by atoms with van der Waals surface area (Å²) in [5.74, 6) is -0.320. The van der Waals surface area contributed by atoms with Crippen LogP contribution in [0.1, 0.15) is 44.4 Å². The van der Waals surface area contributed by atoms with Crippen LogP contribution in [0.15, 0.2) is 71.6 Å². The Morgan fingerprint density at radius 1 is 1.00 bits per heavy atom. The summed E-state index contributed by atoms with van der Waals surface area (Å²) in [6.45, 7) is 10.3. The molecule has 0 aliphatic carbocycles. The first-order valence-electron chi connectivity index (χ1n) is 13.2. The summed E-state index contributed by atoms with van der Waals surface area (Å²) in [4.78, 5) is 28.8. The highest BCUT2D eigenvalue weighted by Crippen LogP contribution is 2.30. The Bertz CT molecular complexity index is 1500. The van der Waals surface area contributed by atoms with E-state index in [1.165, 1.54) is 23.1 Å². The van der Waals surface area contributed by atoms with E-state index in [2.05, 4.69) is 5.32 Å². The second-order valence-electron chi connectivity index (χ2n) is 11.0. The number of ether oxygens (including phenoxy) is 1. The van der Waals surface area contributed by atoms with Crippen LogP contribution >= 0.6 is 11.6 Å². The molecule has 0 saturated heterocycles. The number of sulfonamides is 1. The van der Waals surface area contributed by atoms with Gasteiger partial charge in [-0.05, 0) is 89.1 Å². The number of methoxy groups -OCH3 is 1.